The monoisotopic (exact) mass is 214 g/mol. The lowest BCUT2D eigenvalue weighted by molar-refractivity contribution is -0.143. The Morgan fingerprint density at radius 1 is 1.60 bits per heavy atom. The second-order valence-electron chi connectivity index (χ2n) is 4.45. The smallest absolute Gasteiger partial charge is 0.333 e. The zero-order valence-corrected chi connectivity index (χ0v) is 10.2. The number of ether oxygens (including phenoxy) is 1. The van der Waals surface area contributed by atoms with Gasteiger partial charge in [-0.3, -0.25) is 0 Å². The van der Waals surface area contributed by atoms with Crippen LogP contribution in [-0.4, -0.2) is 24.3 Å². The van der Waals surface area contributed by atoms with Crippen LogP contribution in [0.15, 0.2) is 12.2 Å². The van der Waals surface area contributed by atoms with Gasteiger partial charge >= 0.3 is 5.97 Å². The lowest BCUT2D eigenvalue weighted by Crippen LogP contribution is -2.33. The van der Waals surface area contributed by atoms with Crippen molar-refractivity contribution >= 4 is 5.97 Å². The lowest BCUT2D eigenvalue weighted by Gasteiger charge is -2.33. The van der Waals surface area contributed by atoms with Crippen LogP contribution < -0.4 is 0 Å². The Morgan fingerprint density at radius 2 is 2.13 bits per heavy atom. The molecule has 0 fully saturated rings. The number of esters is 1. The molecule has 0 aliphatic rings. The highest BCUT2D eigenvalue weighted by Gasteiger charge is 2.30. The highest BCUT2D eigenvalue weighted by Crippen LogP contribution is 2.31. The molecular weight excluding hydrogens is 192 g/mol. The van der Waals surface area contributed by atoms with E-state index in [1.165, 1.54) is 0 Å². The first-order valence-electron chi connectivity index (χ1n) is 5.31. The van der Waals surface area contributed by atoms with E-state index >= 15 is 0 Å². The van der Waals surface area contributed by atoms with E-state index in [1.807, 2.05) is 20.8 Å². The standard InChI is InChI=1S/C12H22O3/c1-6-12(5,10(4)7-13)8-15-11(14)9(2)3/h10,13H,2,6-8H2,1,3-5H3. The van der Waals surface area contributed by atoms with Gasteiger partial charge in [0, 0.05) is 17.6 Å². The molecule has 0 spiro atoms. The first kappa shape index (κ1) is 14.2. The molecule has 0 rings (SSSR count). The second-order valence-corrected chi connectivity index (χ2v) is 4.45. The average Bonchev–Trinajstić information content (AvgIpc) is 2.23. The molecule has 88 valence electrons. The molecule has 0 amide bonds. The van der Waals surface area contributed by atoms with Crippen molar-refractivity contribution in [1.82, 2.24) is 0 Å². The van der Waals surface area contributed by atoms with Crippen LogP contribution in [0.2, 0.25) is 0 Å². The number of carbonyl (C=O) groups excluding carboxylic acids is 1. The van der Waals surface area contributed by atoms with Crippen LogP contribution >= 0.6 is 0 Å². The Morgan fingerprint density at radius 3 is 2.47 bits per heavy atom. The van der Waals surface area contributed by atoms with Gasteiger partial charge < -0.3 is 9.84 Å². The second kappa shape index (κ2) is 5.91. The van der Waals surface area contributed by atoms with Crippen molar-refractivity contribution in [1.29, 1.82) is 0 Å². The zero-order valence-electron chi connectivity index (χ0n) is 10.2. The van der Waals surface area contributed by atoms with Gasteiger partial charge in [-0.2, -0.15) is 0 Å². The van der Waals surface area contributed by atoms with Crippen LogP contribution in [-0.2, 0) is 9.53 Å². The van der Waals surface area contributed by atoms with Crippen molar-refractivity contribution in [3.8, 4) is 0 Å². The maximum absolute atomic E-state index is 11.2. The van der Waals surface area contributed by atoms with E-state index < -0.39 is 0 Å². The van der Waals surface area contributed by atoms with Crippen molar-refractivity contribution in [3.63, 3.8) is 0 Å². The molecule has 0 saturated carbocycles. The van der Waals surface area contributed by atoms with Gasteiger partial charge in [0.25, 0.3) is 0 Å². The predicted octanol–water partition coefficient (Wildman–Crippen LogP) is 2.15. The van der Waals surface area contributed by atoms with Gasteiger partial charge in [0.05, 0.1) is 6.61 Å². The minimum absolute atomic E-state index is 0.106. The molecule has 0 aliphatic carbocycles. The quantitative estimate of drug-likeness (QED) is 0.544. The van der Waals surface area contributed by atoms with Crippen LogP contribution in [0, 0.1) is 11.3 Å². The van der Waals surface area contributed by atoms with E-state index in [2.05, 4.69) is 6.58 Å². The van der Waals surface area contributed by atoms with E-state index in [-0.39, 0.29) is 23.9 Å². The fourth-order valence-electron chi connectivity index (χ4n) is 1.17. The SMILES string of the molecule is C=C(C)C(=O)OCC(C)(CC)C(C)CO. The van der Waals surface area contributed by atoms with Gasteiger partial charge in [0.2, 0.25) is 0 Å². The number of carbonyl (C=O) groups is 1. The van der Waals surface area contributed by atoms with E-state index in [0.717, 1.165) is 6.42 Å². The third-order valence-electron chi connectivity index (χ3n) is 3.15. The number of hydrogen-bond acceptors (Lipinski definition) is 3. The maximum Gasteiger partial charge on any atom is 0.333 e. The third kappa shape index (κ3) is 4.04. The normalized spacial score (nSPS) is 16.6. The van der Waals surface area contributed by atoms with Crippen molar-refractivity contribution in [3.05, 3.63) is 12.2 Å². The number of aliphatic hydroxyl groups excluding tert-OH is 1. The Kier molecular flexibility index (Phi) is 5.58. The predicted molar refractivity (Wildman–Crippen MR) is 60.4 cm³/mol. The van der Waals surface area contributed by atoms with Crippen LogP contribution in [0.25, 0.3) is 0 Å². The Bertz CT molecular complexity index is 235. The van der Waals surface area contributed by atoms with E-state index in [0.29, 0.717) is 12.2 Å². The molecular formula is C12H22O3. The number of aliphatic hydroxyl groups is 1. The van der Waals surface area contributed by atoms with Crippen molar-refractivity contribution in [2.24, 2.45) is 11.3 Å². The summed E-state index contributed by atoms with van der Waals surface area (Å²) in [5.41, 5.74) is 0.241. The summed E-state index contributed by atoms with van der Waals surface area (Å²) < 4.78 is 5.13. The fourth-order valence-corrected chi connectivity index (χ4v) is 1.17. The Labute approximate surface area is 92.1 Å². The zero-order chi connectivity index (χ0) is 12.1. The van der Waals surface area contributed by atoms with Gasteiger partial charge in [-0.1, -0.05) is 27.4 Å². The summed E-state index contributed by atoms with van der Waals surface area (Å²) >= 11 is 0. The van der Waals surface area contributed by atoms with Gasteiger partial charge in [-0.15, -0.1) is 0 Å². The maximum atomic E-state index is 11.2. The molecule has 0 bridgehead atoms. The summed E-state index contributed by atoms with van der Waals surface area (Å²) in [6, 6.07) is 0. The van der Waals surface area contributed by atoms with E-state index in [4.69, 9.17) is 9.84 Å². The molecule has 2 atom stereocenters. The summed E-state index contributed by atoms with van der Waals surface area (Å²) in [5, 5.41) is 9.12. The molecule has 0 heterocycles. The molecule has 2 unspecified atom stereocenters. The summed E-state index contributed by atoms with van der Waals surface area (Å²) in [6.07, 6.45) is 0.859. The minimum Gasteiger partial charge on any atom is -0.462 e. The summed E-state index contributed by atoms with van der Waals surface area (Å²) in [6.45, 7) is 11.6. The highest BCUT2D eigenvalue weighted by atomic mass is 16.5. The topological polar surface area (TPSA) is 46.5 Å². The molecule has 0 saturated heterocycles. The van der Waals surface area contributed by atoms with Crippen molar-refractivity contribution in [2.75, 3.05) is 13.2 Å². The summed E-state index contributed by atoms with van der Waals surface area (Å²) in [5.74, 6) is -0.250. The summed E-state index contributed by atoms with van der Waals surface area (Å²) in [4.78, 5) is 11.2. The Balaban J connectivity index is 4.33. The van der Waals surface area contributed by atoms with Crippen LogP contribution in [0.4, 0.5) is 0 Å². The van der Waals surface area contributed by atoms with E-state index in [9.17, 15) is 4.79 Å². The molecule has 0 aliphatic heterocycles. The largest absolute Gasteiger partial charge is 0.462 e. The van der Waals surface area contributed by atoms with Gasteiger partial charge in [0.15, 0.2) is 0 Å². The first-order valence-corrected chi connectivity index (χ1v) is 5.31. The minimum atomic E-state index is -0.361. The third-order valence-corrected chi connectivity index (χ3v) is 3.15. The molecule has 3 heteroatoms. The number of rotatable bonds is 6. The molecule has 3 nitrogen and oxygen atoms in total. The van der Waals surface area contributed by atoms with Gasteiger partial charge in [0.1, 0.15) is 0 Å². The molecule has 0 aromatic rings. The summed E-state index contributed by atoms with van der Waals surface area (Å²) in [7, 11) is 0. The van der Waals surface area contributed by atoms with Crippen LogP contribution in [0.5, 0.6) is 0 Å². The Hall–Kier alpha value is -0.830. The van der Waals surface area contributed by atoms with Gasteiger partial charge in [-0.25, -0.2) is 4.79 Å². The fraction of sp³-hybridized carbons (Fsp3) is 0.750. The molecule has 1 N–H and O–H groups in total. The first-order chi connectivity index (χ1) is 6.87. The molecule has 0 radical (unpaired) electrons. The van der Waals surface area contributed by atoms with Gasteiger partial charge in [-0.05, 0) is 19.3 Å². The van der Waals surface area contributed by atoms with Crippen LogP contribution in [0.1, 0.15) is 34.1 Å². The molecule has 15 heavy (non-hydrogen) atoms. The van der Waals surface area contributed by atoms with Crippen molar-refractivity contribution in [2.45, 2.75) is 34.1 Å². The molecule has 0 aromatic heterocycles. The number of hydrogen-bond donors (Lipinski definition) is 1. The lowest BCUT2D eigenvalue weighted by atomic mass is 9.77. The highest BCUT2D eigenvalue weighted by molar-refractivity contribution is 5.86. The molecule has 0 aromatic carbocycles. The van der Waals surface area contributed by atoms with E-state index in [1.54, 1.807) is 6.92 Å². The van der Waals surface area contributed by atoms with Crippen molar-refractivity contribution < 1.29 is 14.6 Å². The average molecular weight is 214 g/mol. The van der Waals surface area contributed by atoms with Crippen LogP contribution in [0.3, 0.4) is 0 Å².